The molecule has 1 aromatic carbocycles. The van der Waals surface area contributed by atoms with Crippen molar-refractivity contribution in [2.75, 3.05) is 12.8 Å². The zero-order chi connectivity index (χ0) is 10.7. The van der Waals surface area contributed by atoms with E-state index in [1.54, 1.807) is 6.26 Å². The van der Waals surface area contributed by atoms with Crippen molar-refractivity contribution in [2.24, 2.45) is 0 Å². The largest absolute Gasteiger partial charge is 0.243 e. The van der Waals surface area contributed by atoms with Crippen molar-refractivity contribution in [3.05, 3.63) is 35.9 Å². The molecule has 1 aliphatic heterocycles. The molecule has 1 aromatic rings. The number of hydrogen-bond donors (Lipinski definition) is 0. The van der Waals surface area contributed by atoms with Crippen LogP contribution in [0, 0.1) is 0 Å². The first-order valence-corrected chi connectivity index (χ1v) is 6.95. The van der Waals surface area contributed by atoms with Crippen LogP contribution in [0.4, 0.5) is 0 Å². The molecule has 1 aliphatic rings. The van der Waals surface area contributed by atoms with Crippen LogP contribution in [0.25, 0.3) is 0 Å². The summed E-state index contributed by atoms with van der Waals surface area (Å²) in [6.45, 7) is 0.961. The fourth-order valence-corrected chi connectivity index (χ4v) is 3.19. The van der Waals surface area contributed by atoms with Crippen LogP contribution in [0.5, 0.6) is 0 Å². The molecule has 0 saturated carbocycles. The third kappa shape index (κ3) is 2.47. The second-order valence-corrected chi connectivity index (χ2v) is 5.30. The molecule has 0 radical (unpaired) electrons. The van der Waals surface area contributed by atoms with Crippen LogP contribution in [-0.2, 0) is 11.0 Å². The van der Waals surface area contributed by atoms with Gasteiger partial charge in [0.15, 0.2) is 0 Å². The molecule has 0 bridgehead atoms. The van der Waals surface area contributed by atoms with E-state index in [0.29, 0.717) is 6.04 Å². The van der Waals surface area contributed by atoms with Gasteiger partial charge in [-0.3, -0.25) is 0 Å². The van der Waals surface area contributed by atoms with E-state index in [4.69, 9.17) is 0 Å². The van der Waals surface area contributed by atoms with E-state index >= 15 is 0 Å². The van der Waals surface area contributed by atoms with Crippen molar-refractivity contribution in [3.8, 4) is 0 Å². The molecule has 1 unspecified atom stereocenters. The number of nitrogens with zero attached hydrogens (tertiary/aromatic N) is 1. The maximum Gasteiger partial charge on any atom is 0.0916 e. The SMILES string of the molecule is CS(=O)N1CCCC[C@@H]1c1ccccc1. The van der Waals surface area contributed by atoms with Crippen molar-refractivity contribution >= 4 is 11.0 Å². The molecule has 2 atom stereocenters. The third-order valence-electron chi connectivity index (χ3n) is 2.97. The van der Waals surface area contributed by atoms with Crippen molar-refractivity contribution in [1.82, 2.24) is 4.31 Å². The van der Waals surface area contributed by atoms with E-state index in [2.05, 4.69) is 28.6 Å². The van der Waals surface area contributed by atoms with Gasteiger partial charge in [0, 0.05) is 18.8 Å². The fourth-order valence-electron chi connectivity index (χ4n) is 2.22. The topological polar surface area (TPSA) is 20.3 Å². The normalized spacial score (nSPS) is 25.0. The summed E-state index contributed by atoms with van der Waals surface area (Å²) in [4.78, 5) is 0. The lowest BCUT2D eigenvalue weighted by Gasteiger charge is -2.33. The molecule has 1 fully saturated rings. The number of piperidine rings is 1. The Bertz CT molecular complexity index is 339. The second kappa shape index (κ2) is 4.90. The molecular weight excluding hydrogens is 206 g/mol. The van der Waals surface area contributed by atoms with Crippen LogP contribution < -0.4 is 0 Å². The molecule has 2 nitrogen and oxygen atoms in total. The highest BCUT2D eigenvalue weighted by Crippen LogP contribution is 2.31. The van der Waals surface area contributed by atoms with Crippen LogP contribution in [-0.4, -0.2) is 21.3 Å². The molecule has 1 saturated heterocycles. The van der Waals surface area contributed by atoms with E-state index < -0.39 is 11.0 Å². The van der Waals surface area contributed by atoms with Gasteiger partial charge in [0.25, 0.3) is 0 Å². The second-order valence-electron chi connectivity index (χ2n) is 3.99. The van der Waals surface area contributed by atoms with E-state index in [1.807, 2.05) is 6.07 Å². The Morgan fingerprint density at radius 2 is 2.00 bits per heavy atom. The molecule has 15 heavy (non-hydrogen) atoms. The highest BCUT2D eigenvalue weighted by atomic mass is 32.2. The Hall–Kier alpha value is -0.670. The molecule has 0 aromatic heterocycles. The third-order valence-corrected chi connectivity index (χ3v) is 4.07. The first-order valence-electron chi connectivity index (χ1n) is 5.44. The van der Waals surface area contributed by atoms with Crippen molar-refractivity contribution in [3.63, 3.8) is 0 Å². The highest BCUT2D eigenvalue weighted by molar-refractivity contribution is 7.81. The molecule has 3 heteroatoms. The summed E-state index contributed by atoms with van der Waals surface area (Å²) in [5.41, 5.74) is 1.30. The Balaban J connectivity index is 2.22. The van der Waals surface area contributed by atoms with Crippen LogP contribution in [0.2, 0.25) is 0 Å². The lowest BCUT2D eigenvalue weighted by molar-refractivity contribution is 0.269. The molecule has 0 spiro atoms. The number of rotatable bonds is 2. The average Bonchev–Trinajstić information content (AvgIpc) is 2.30. The van der Waals surface area contributed by atoms with E-state index in [1.165, 1.54) is 18.4 Å². The minimum Gasteiger partial charge on any atom is -0.243 e. The number of hydrogen-bond acceptors (Lipinski definition) is 1. The quantitative estimate of drug-likeness (QED) is 0.754. The summed E-state index contributed by atoms with van der Waals surface area (Å²) in [7, 11) is -0.849. The van der Waals surface area contributed by atoms with Gasteiger partial charge in [-0.15, -0.1) is 0 Å². The van der Waals surface area contributed by atoms with Crippen molar-refractivity contribution in [1.29, 1.82) is 0 Å². The van der Waals surface area contributed by atoms with E-state index in [-0.39, 0.29) is 0 Å². The summed E-state index contributed by atoms with van der Waals surface area (Å²) < 4.78 is 13.7. The van der Waals surface area contributed by atoms with Crippen LogP contribution >= 0.6 is 0 Å². The Kier molecular flexibility index (Phi) is 3.54. The molecule has 2 rings (SSSR count). The Morgan fingerprint density at radius 3 is 2.67 bits per heavy atom. The van der Waals surface area contributed by atoms with Crippen LogP contribution in [0.15, 0.2) is 30.3 Å². The van der Waals surface area contributed by atoms with E-state index in [0.717, 1.165) is 13.0 Å². The van der Waals surface area contributed by atoms with E-state index in [9.17, 15) is 4.21 Å². The highest BCUT2D eigenvalue weighted by Gasteiger charge is 2.25. The van der Waals surface area contributed by atoms with Crippen molar-refractivity contribution in [2.45, 2.75) is 25.3 Å². The summed E-state index contributed by atoms with van der Waals surface area (Å²) in [6.07, 6.45) is 5.32. The zero-order valence-corrected chi connectivity index (χ0v) is 9.87. The van der Waals surface area contributed by atoms with Gasteiger partial charge >= 0.3 is 0 Å². The smallest absolute Gasteiger partial charge is 0.0916 e. The summed E-state index contributed by atoms with van der Waals surface area (Å²) >= 11 is 0. The Labute approximate surface area is 93.9 Å². The molecule has 0 amide bonds. The van der Waals surface area contributed by atoms with Crippen LogP contribution in [0.3, 0.4) is 0 Å². The van der Waals surface area contributed by atoms with Gasteiger partial charge < -0.3 is 0 Å². The maximum absolute atomic E-state index is 11.6. The molecule has 1 heterocycles. The number of benzene rings is 1. The van der Waals surface area contributed by atoms with Crippen LogP contribution in [0.1, 0.15) is 30.9 Å². The minimum absolute atomic E-state index is 0.353. The molecular formula is C12H17NOS. The van der Waals surface area contributed by atoms with Gasteiger partial charge in [0.1, 0.15) is 0 Å². The first kappa shape index (κ1) is 10.8. The average molecular weight is 223 g/mol. The van der Waals surface area contributed by atoms with Gasteiger partial charge in [-0.25, -0.2) is 8.51 Å². The minimum atomic E-state index is -0.849. The molecule has 82 valence electrons. The fraction of sp³-hybridized carbons (Fsp3) is 0.500. The summed E-state index contributed by atoms with van der Waals surface area (Å²) in [6, 6.07) is 10.8. The first-order chi connectivity index (χ1) is 7.29. The van der Waals surface area contributed by atoms with Gasteiger partial charge in [0.2, 0.25) is 0 Å². The molecule has 0 N–H and O–H groups in total. The monoisotopic (exact) mass is 223 g/mol. The van der Waals surface area contributed by atoms with Crippen molar-refractivity contribution < 1.29 is 4.21 Å². The summed E-state index contributed by atoms with van der Waals surface area (Å²) in [5.74, 6) is 0. The maximum atomic E-state index is 11.6. The predicted molar refractivity (Wildman–Crippen MR) is 63.8 cm³/mol. The van der Waals surface area contributed by atoms with Gasteiger partial charge in [-0.1, -0.05) is 36.8 Å². The Morgan fingerprint density at radius 1 is 1.27 bits per heavy atom. The predicted octanol–water partition coefficient (Wildman–Crippen LogP) is 2.51. The lowest BCUT2D eigenvalue weighted by atomic mass is 9.98. The van der Waals surface area contributed by atoms with Gasteiger partial charge in [-0.2, -0.15) is 0 Å². The summed E-state index contributed by atoms with van der Waals surface area (Å²) in [5, 5.41) is 0. The standard InChI is InChI=1S/C12H17NOS/c1-15(14)13-10-6-5-9-12(13)11-7-3-2-4-8-11/h2-4,7-8,12H,5-6,9-10H2,1H3/t12-,15?/m1/s1. The van der Waals surface area contributed by atoms with Gasteiger partial charge in [0.05, 0.1) is 11.0 Å². The lowest BCUT2D eigenvalue weighted by Crippen LogP contribution is -2.34. The molecule has 0 aliphatic carbocycles. The van der Waals surface area contributed by atoms with Gasteiger partial charge in [-0.05, 0) is 18.4 Å². The zero-order valence-electron chi connectivity index (χ0n) is 9.06.